The minimum absolute atomic E-state index is 0.535. The van der Waals surface area contributed by atoms with E-state index in [1.54, 1.807) is 0 Å². The summed E-state index contributed by atoms with van der Waals surface area (Å²) in [6.07, 6.45) is 6.90. The Morgan fingerprint density at radius 3 is 3.05 bits per heavy atom. The van der Waals surface area contributed by atoms with Crippen molar-refractivity contribution in [3.8, 4) is 17.1 Å². The van der Waals surface area contributed by atoms with Crippen LogP contribution in [-0.2, 0) is 0 Å². The number of nitrogens with one attached hydrogen (secondary N) is 1. The van der Waals surface area contributed by atoms with E-state index in [1.807, 2.05) is 18.5 Å². The fourth-order valence-electron chi connectivity index (χ4n) is 3.23. The minimum Gasteiger partial charge on any atom is -0.489 e. The summed E-state index contributed by atoms with van der Waals surface area (Å²) >= 11 is 0. The zero-order chi connectivity index (χ0) is 13.4. The van der Waals surface area contributed by atoms with Gasteiger partial charge in [0.05, 0.1) is 11.3 Å². The lowest BCUT2D eigenvalue weighted by atomic mass is 10.1. The van der Waals surface area contributed by atoms with Gasteiger partial charge in [0.2, 0.25) is 0 Å². The second-order valence-corrected chi connectivity index (χ2v) is 5.46. The Labute approximate surface area is 118 Å². The van der Waals surface area contributed by atoms with Gasteiger partial charge in [0.15, 0.2) is 11.6 Å². The summed E-state index contributed by atoms with van der Waals surface area (Å²) in [5, 5.41) is 11.8. The number of para-hydroxylation sites is 1. The molecule has 1 fully saturated rings. The lowest BCUT2D eigenvalue weighted by Gasteiger charge is -2.22. The van der Waals surface area contributed by atoms with Gasteiger partial charge in [0.1, 0.15) is 12.9 Å². The highest BCUT2D eigenvalue weighted by atomic mass is 16.5. The number of fused-ring (bicyclic) bond motifs is 1. The maximum Gasteiger partial charge on any atom is 0.167 e. The van der Waals surface area contributed by atoms with Crippen molar-refractivity contribution in [2.75, 3.05) is 18.5 Å². The Morgan fingerprint density at radius 2 is 2.15 bits per heavy atom. The van der Waals surface area contributed by atoms with E-state index in [0.29, 0.717) is 12.6 Å². The molecule has 104 valence electrons. The van der Waals surface area contributed by atoms with Crippen LogP contribution in [0.3, 0.4) is 0 Å². The molecule has 0 spiro atoms. The molecule has 2 aliphatic rings. The van der Waals surface area contributed by atoms with E-state index < -0.39 is 0 Å². The third kappa shape index (κ3) is 1.85. The Kier molecular flexibility index (Phi) is 2.83. The van der Waals surface area contributed by atoms with Gasteiger partial charge < -0.3 is 14.6 Å². The first-order chi connectivity index (χ1) is 9.93. The highest BCUT2D eigenvalue weighted by molar-refractivity contribution is 5.75. The summed E-state index contributed by atoms with van der Waals surface area (Å²) in [6, 6.07) is 6.70. The van der Waals surface area contributed by atoms with Gasteiger partial charge in [-0.2, -0.15) is 0 Å². The van der Waals surface area contributed by atoms with Gasteiger partial charge in [-0.15, -0.1) is 10.2 Å². The Morgan fingerprint density at radius 1 is 1.25 bits per heavy atom. The third-order valence-electron chi connectivity index (χ3n) is 4.21. The van der Waals surface area contributed by atoms with Crippen molar-refractivity contribution >= 4 is 5.69 Å². The smallest absolute Gasteiger partial charge is 0.167 e. The van der Waals surface area contributed by atoms with Crippen LogP contribution in [0.15, 0.2) is 24.5 Å². The van der Waals surface area contributed by atoms with Crippen molar-refractivity contribution in [1.82, 2.24) is 14.8 Å². The van der Waals surface area contributed by atoms with Crippen LogP contribution in [0, 0.1) is 0 Å². The van der Waals surface area contributed by atoms with Gasteiger partial charge in [0, 0.05) is 12.6 Å². The molecule has 20 heavy (non-hydrogen) atoms. The molecular weight excluding hydrogens is 252 g/mol. The molecule has 1 N–H and O–H groups in total. The lowest BCUT2D eigenvalue weighted by molar-refractivity contribution is 0.324. The van der Waals surface area contributed by atoms with E-state index in [0.717, 1.165) is 29.4 Å². The molecule has 0 bridgehead atoms. The highest BCUT2D eigenvalue weighted by Gasteiger charge is 2.24. The molecule has 1 saturated carbocycles. The second-order valence-electron chi connectivity index (χ2n) is 5.46. The standard InChI is InChI=1S/C15H18N4O/c1-2-5-11(4-1)19-10-17-18-15(19)12-6-3-7-13-14(12)20-9-8-16-13/h3,6-7,10-11,16H,1-2,4-5,8-9H2. The number of benzene rings is 1. The third-order valence-corrected chi connectivity index (χ3v) is 4.21. The monoisotopic (exact) mass is 270 g/mol. The second kappa shape index (κ2) is 4.81. The molecule has 4 rings (SSSR count). The molecule has 0 radical (unpaired) electrons. The summed E-state index contributed by atoms with van der Waals surface area (Å²) in [7, 11) is 0. The first kappa shape index (κ1) is 11.8. The van der Waals surface area contributed by atoms with Crippen LogP contribution in [0.4, 0.5) is 5.69 Å². The average Bonchev–Trinajstić information content (AvgIpc) is 3.17. The normalized spacial score (nSPS) is 18.4. The number of anilines is 1. The quantitative estimate of drug-likeness (QED) is 0.911. The Balaban J connectivity index is 1.80. The van der Waals surface area contributed by atoms with Crippen LogP contribution in [0.25, 0.3) is 11.4 Å². The van der Waals surface area contributed by atoms with Crippen molar-refractivity contribution < 1.29 is 4.74 Å². The lowest BCUT2D eigenvalue weighted by Crippen LogP contribution is -2.19. The van der Waals surface area contributed by atoms with Crippen molar-refractivity contribution in [2.24, 2.45) is 0 Å². The number of nitrogens with zero attached hydrogens (tertiary/aromatic N) is 3. The van der Waals surface area contributed by atoms with Gasteiger partial charge in [-0.3, -0.25) is 0 Å². The molecule has 2 heterocycles. The molecular formula is C15H18N4O. The maximum absolute atomic E-state index is 5.85. The molecule has 0 saturated heterocycles. The predicted octanol–water partition coefficient (Wildman–Crippen LogP) is 2.86. The van der Waals surface area contributed by atoms with E-state index in [4.69, 9.17) is 4.74 Å². The highest BCUT2D eigenvalue weighted by Crippen LogP contribution is 2.39. The molecule has 5 nitrogen and oxygen atoms in total. The molecule has 2 aromatic rings. The largest absolute Gasteiger partial charge is 0.489 e. The fraction of sp³-hybridized carbons (Fsp3) is 0.467. The van der Waals surface area contributed by atoms with Crippen molar-refractivity contribution in [3.05, 3.63) is 24.5 Å². The van der Waals surface area contributed by atoms with Crippen LogP contribution in [0.2, 0.25) is 0 Å². The van der Waals surface area contributed by atoms with Crippen LogP contribution in [0.5, 0.6) is 5.75 Å². The summed E-state index contributed by atoms with van der Waals surface area (Å²) in [5.41, 5.74) is 2.09. The van der Waals surface area contributed by atoms with Crippen LogP contribution in [-0.4, -0.2) is 27.9 Å². The average molecular weight is 270 g/mol. The van der Waals surface area contributed by atoms with Gasteiger partial charge in [-0.1, -0.05) is 18.9 Å². The van der Waals surface area contributed by atoms with Gasteiger partial charge in [-0.05, 0) is 25.0 Å². The zero-order valence-corrected chi connectivity index (χ0v) is 11.4. The molecule has 1 aromatic heterocycles. The molecule has 0 unspecified atom stereocenters. The summed E-state index contributed by atoms with van der Waals surface area (Å²) < 4.78 is 8.08. The van der Waals surface area contributed by atoms with Crippen LogP contribution >= 0.6 is 0 Å². The number of ether oxygens (including phenoxy) is 1. The van der Waals surface area contributed by atoms with Gasteiger partial charge in [-0.25, -0.2) is 0 Å². The van der Waals surface area contributed by atoms with Crippen molar-refractivity contribution in [2.45, 2.75) is 31.7 Å². The summed E-state index contributed by atoms with van der Waals surface area (Å²) in [5.74, 6) is 1.84. The number of rotatable bonds is 2. The van der Waals surface area contributed by atoms with E-state index in [9.17, 15) is 0 Å². The van der Waals surface area contributed by atoms with Crippen LogP contribution < -0.4 is 10.1 Å². The minimum atomic E-state index is 0.535. The van der Waals surface area contributed by atoms with Gasteiger partial charge >= 0.3 is 0 Å². The molecule has 1 aliphatic carbocycles. The van der Waals surface area contributed by atoms with E-state index in [-0.39, 0.29) is 0 Å². The first-order valence-electron chi connectivity index (χ1n) is 7.33. The fourth-order valence-corrected chi connectivity index (χ4v) is 3.23. The van der Waals surface area contributed by atoms with Crippen molar-refractivity contribution in [1.29, 1.82) is 0 Å². The summed E-state index contributed by atoms with van der Waals surface area (Å²) in [6.45, 7) is 1.55. The molecule has 0 amide bonds. The first-order valence-corrected chi connectivity index (χ1v) is 7.33. The van der Waals surface area contributed by atoms with E-state index in [1.165, 1.54) is 25.7 Å². The Bertz CT molecular complexity index is 616. The SMILES string of the molecule is c1cc2c(c(-c3nncn3C3CCCC3)c1)OCCN2. The molecule has 1 aliphatic heterocycles. The number of aromatic nitrogens is 3. The Hall–Kier alpha value is -2.04. The summed E-state index contributed by atoms with van der Waals surface area (Å²) in [4.78, 5) is 0. The van der Waals surface area contributed by atoms with E-state index in [2.05, 4.69) is 26.1 Å². The maximum atomic E-state index is 5.85. The van der Waals surface area contributed by atoms with Gasteiger partial charge in [0.25, 0.3) is 0 Å². The zero-order valence-electron chi connectivity index (χ0n) is 11.4. The topological polar surface area (TPSA) is 52.0 Å². The molecule has 1 aromatic carbocycles. The number of hydrogen-bond donors (Lipinski definition) is 1. The predicted molar refractivity (Wildman–Crippen MR) is 76.9 cm³/mol. The molecule has 0 atom stereocenters. The molecule has 5 heteroatoms. The van der Waals surface area contributed by atoms with E-state index >= 15 is 0 Å². The number of hydrogen-bond acceptors (Lipinski definition) is 4. The van der Waals surface area contributed by atoms with Crippen LogP contribution in [0.1, 0.15) is 31.7 Å². The van der Waals surface area contributed by atoms with Crippen molar-refractivity contribution in [3.63, 3.8) is 0 Å².